The zero-order chi connectivity index (χ0) is 19.9. The summed E-state index contributed by atoms with van der Waals surface area (Å²) < 4.78 is 18.8. The van der Waals surface area contributed by atoms with Gasteiger partial charge in [-0.1, -0.05) is 29.8 Å². The third-order valence-corrected chi connectivity index (χ3v) is 4.97. The fourth-order valence-corrected chi connectivity index (χ4v) is 3.45. The van der Waals surface area contributed by atoms with E-state index < -0.39 is 5.82 Å². The smallest absolute Gasteiger partial charge is 0.238 e. The molecule has 150 valence electrons. The number of rotatable bonds is 7. The Balaban J connectivity index is 1.46. The first-order valence-corrected chi connectivity index (χ1v) is 9.83. The van der Waals surface area contributed by atoms with E-state index in [1.807, 2.05) is 31.2 Å². The van der Waals surface area contributed by atoms with Crippen LogP contribution in [-0.2, 0) is 11.3 Å². The van der Waals surface area contributed by atoms with Gasteiger partial charge in [-0.15, -0.1) is 0 Å². The SMILES string of the molecule is CCOc1ccccc1NC(=O)CN1CCN(Cc2ccc(F)c(Cl)c2)CC1. The predicted molar refractivity (Wildman–Crippen MR) is 109 cm³/mol. The van der Waals surface area contributed by atoms with E-state index in [0.717, 1.165) is 38.3 Å². The molecule has 0 aromatic heterocycles. The molecular formula is C21H25ClFN3O2. The minimum atomic E-state index is -0.396. The molecule has 1 aliphatic heterocycles. The number of amides is 1. The molecule has 2 aromatic carbocycles. The number of halogens is 2. The molecule has 7 heteroatoms. The molecule has 0 aliphatic carbocycles. The van der Waals surface area contributed by atoms with Crippen LogP contribution in [0.25, 0.3) is 0 Å². The van der Waals surface area contributed by atoms with Gasteiger partial charge in [0.1, 0.15) is 11.6 Å². The van der Waals surface area contributed by atoms with Crippen LogP contribution in [0.15, 0.2) is 42.5 Å². The Hall–Kier alpha value is -2.15. The van der Waals surface area contributed by atoms with Crippen molar-refractivity contribution in [3.63, 3.8) is 0 Å². The van der Waals surface area contributed by atoms with Gasteiger partial charge in [0.05, 0.1) is 23.9 Å². The molecule has 2 aromatic rings. The fraction of sp³-hybridized carbons (Fsp3) is 0.381. The number of nitrogens with zero attached hydrogens (tertiary/aromatic N) is 2. The number of hydrogen-bond donors (Lipinski definition) is 1. The Morgan fingerprint density at radius 1 is 1.14 bits per heavy atom. The topological polar surface area (TPSA) is 44.8 Å². The molecule has 5 nitrogen and oxygen atoms in total. The molecule has 1 fully saturated rings. The second-order valence-corrected chi connectivity index (χ2v) is 7.19. The zero-order valence-electron chi connectivity index (χ0n) is 16.0. The van der Waals surface area contributed by atoms with E-state index >= 15 is 0 Å². The second kappa shape index (κ2) is 9.87. The summed E-state index contributed by atoms with van der Waals surface area (Å²) in [5.41, 5.74) is 1.69. The van der Waals surface area contributed by atoms with Crippen molar-refractivity contribution in [1.82, 2.24) is 9.80 Å². The van der Waals surface area contributed by atoms with Crippen LogP contribution in [0.2, 0.25) is 5.02 Å². The molecule has 0 bridgehead atoms. The van der Waals surface area contributed by atoms with Crippen molar-refractivity contribution in [2.45, 2.75) is 13.5 Å². The summed E-state index contributed by atoms with van der Waals surface area (Å²) in [6, 6.07) is 12.3. The summed E-state index contributed by atoms with van der Waals surface area (Å²) in [7, 11) is 0. The van der Waals surface area contributed by atoms with E-state index in [1.165, 1.54) is 6.07 Å². The maximum atomic E-state index is 13.3. The number of ether oxygens (including phenoxy) is 1. The second-order valence-electron chi connectivity index (χ2n) is 6.78. The van der Waals surface area contributed by atoms with Crippen LogP contribution in [0, 0.1) is 5.82 Å². The Bertz CT molecular complexity index is 810. The minimum absolute atomic E-state index is 0.0501. The summed E-state index contributed by atoms with van der Waals surface area (Å²) in [6.07, 6.45) is 0. The molecule has 1 N–H and O–H groups in total. The quantitative estimate of drug-likeness (QED) is 0.764. The van der Waals surface area contributed by atoms with Crippen LogP contribution in [0.3, 0.4) is 0 Å². The van der Waals surface area contributed by atoms with Gasteiger partial charge in [0, 0.05) is 32.7 Å². The first-order valence-electron chi connectivity index (χ1n) is 9.45. The van der Waals surface area contributed by atoms with Crippen molar-refractivity contribution in [2.24, 2.45) is 0 Å². The normalized spacial score (nSPS) is 15.4. The van der Waals surface area contributed by atoms with Crippen LogP contribution < -0.4 is 10.1 Å². The highest BCUT2D eigenvalue weighted by molar-refractivity contribution is 6.30. The summed E-state index contributed by atoms with van der Waals surface area (Å²) in [4.78, 5) is 16.8. The minimum Gasteiger partial charge on any atom is -0.492 e. The van der Waals surface area contributed by atoms with Crippen molar-refractivity contribution in [3.05, 3.63) is 58.9 Å². The summed E-state index contributed by atoms with van der Waals surface area (Å²) in [5.74, 6) is 0.235. The molecule has 0 spiro atoms. The highest BCUT2D eigenvalue weighted by Gasteiger charge is 2.20. The van der Waals surface area contributed by atoms with Gasteiger partial charge < -0.3 is 10.1 Å². The van der Waals surface area contributed by atoms with Gasteiger partial charge in [0.2, 0.25) is 5.91 Å². The lowest BCUT2D eigenvalue weighted by Crippen LogP contribution is -2.48. The van der Waals surface area contributed by atoms with Crippen molar-refractivity contribution in [3.8, 4) is 5.75 Å². The molecule has 0 unspecified atom stereocenters. The fourth-order valence-electron chi connectivity index (χ4n) is 3.25. The molecule has 0 atom stereocenters. The molecule has 1 amide bonds. The maximum absolute atomic E-state index is 13.3. The Labute approximate surface area is 170 Å². The van der Waals surface area contributed by atoms with E-state index in [-0.39, 0.29) is 10.9 Å². The Morgan fingerprint density at radius 3 is 2.57 bits per heavy atom. The highest BCUT2D eigenvalue weighted by atomic mass is 35.5. The van der Waals surface area contributed by atoms with E-state index in [9.17, 15) is 9.18 Å². The molecule has 0 radical (unpaired) electrons. The van der Waals surface area contributed by atoms with Crippen molar-refractivity contribution < 1.29 is 13.9 Å². The number of nitrogens with one attached hydrogen (secondary N) is 1. The first-order chi connectivity index (χ1) is 13.5. The molecule has 28 heavy (non-hydrogen) atoms. The standard InChI is InChI=1S/C21H25ClFN3O2/c1-2-28-20-6-4-3-5-19(20)24-21(27)15-26-11-9-25(10-12-26)14-16-7-8-18(23)17(22)13-16/h3-8,13H,2,9-12,14-15H2,1H3,(H,24,27). The van der Waals surface area contributed by atoms with Crippen molar-refractivity contribution >= 4 is 23.2 Å². The van der Waals surface area contributed by atoms with Crippen LogP contribution >= 0.6 is 11.6 Å². The first kappa shape index (κ1) is 20.6. The molecule has 1 heterocycles. The predicted octanol–water partition coefficient (Wildman–Crippen LogP) is 3.63. The average Bonchev–Trinajstić information content (AvgIpc) is 2.68. The number of piperazine rings is 1. The average molecular weight is 406 g/mol. The number of anilines is 1. The third-order valence-electron chi connectivity index (χ3n) is 4.68. The summed E-state index contributed by atoms with van der Waals surface area (Å²) >= 11 is 5.85. The monoisotopic (exact) mass is 405 g/mol. The Morgan fingerprint density at radius 2 is 1.86 bits per heavy atom. The van der Waals surface area contributed by atoms with E-state index in [1.54, 1.807) is 12.1 Å². The van der Waals surface area contributed by atoms with Crippen LogP contribution in [0.5, 0.6) is 5.75 Å². The van der Waals surface area contributed by atoms with Crippen molar-refractivity contribution in [1.29, 1.82) is 0 Å². The third kappa shape index (κ3) is 5.67. The van der Waals surface area contributed by atoms with Crippen LogP contribution in [0.1, 0.15) is 12.5 Å². The molecule has 1 aliphatic rings. The van der Waals surface area contributed by atoms with Crippen LogP contribution in [-0.4, -0.2) is 55.0 Å². The molecule has 3 rings (SSSR count). The molecular weight excluding hydrogens is 381 g/mol. The summed E-state index contributed by atoms with van der Waals surface area (Å²) in [5, 5.41) is 3.09. The van der Waals surface area contributed by atoms with Gasteiger partial charge in [-0.2, -0.15) is 0 Å². The molecule has 1 saturated heterocycles. The zero-order valence-corrected chi connectivity index (χ0v) is 16.7. The van der Waals surface area contributed by atoms with Gasteiger partial charge in [0.15, 0.2) is 0 Å². The summed E-state index contributed by atoms with van der Waals surface area (Å²) in [6.45, 7) is 6.82. The van der Waals surface area contributed by atoms with Crippen LogP contribution in [0.4, 0.5) is 10.1 Å². The number of hydrogen-bond acceptors (Lipinski definition) is 4. The lowest BCUT2D eigenvalue weighted by Gasteiger charge is -2.34. The lowest BCUT2D eigenvalue weighted by molar-refractivity contribution is -0.117. The van der Waals surface area contributed by atoms with E-state index in [4.69, 9.17) is 16.3 Å². The lowest BCUT2D eigenvalue weighted by atomic mass is 10.2. The molecule has 0 saturated carbocycles. The number of para-hydroxylation sites is 2. The Kier molecular flexibility index (Phi) is 7.25. The van der Waals surface area contributed by atoms with Crippen molar-refractivity contribution in [2.75, 3.05) is 44.6 Å². The van der Waals surface area contributed by atoms with Gasteiger partial charge in [-0.05, 0) is 36.8 Å². The van der Waals surface area contributed by atoms with Gasteiger partial charge in [0.25, 0.3) is 0 Å². The van der Waals surface area contributed by atoms with Gasteiger partial charge >= 0.3 is 0 Å². The largest absolute Gasteiger partial charge is 0.492 e. The van der Waals surface area contributed by atoms with E-state index in [0.29, 0.717) is 24.6 Å². The van der Waals surface area contributed by atoms with Gasteiger partial charge in [-0.25, -0.2) is 4.39 Å². The highest BCUT2D eigenvalue weighted by Crippen LogP contribution is 2.23. The van der Waals surface area contributed by atoms with Gasteiger partial charge in [-0.3, -0.25) is 14.6 Å². The number of benzene rings is 2. The number of carbonyl (C=O) groups is 1. The maximum Gasteiger partial charge on any atom is 0.238 e. The van der Waals surface area contributed by atoms with E-state index in [2.05, 4.69) is 15.1 Å². The number of carbonyl (C=O) groups excluding carboxylic acids is 1.